The zero-order chi connectivity index (χ0) is 20.5. The molecule has 0 unspecified atom stereocenters. The van der Waals surface area contributed by atoms with Crippen LogP contribution in [0.25, 0.3) is 0 Å². The first-order valence-electron chi connectivity index (χ1n) is 9.20. The van der Waals surface area contributed by atoms with Crippen LogP contribution in [-0.4, -0.2) is 47.3 Å². The molecule has 1 aromatic rings. The van der Waals surface area contributed by atoms with E-state index < -0.39 is 27.5 Å². The van der Waals surface area contributed by atoms with E-state index in [1.807, 2.05) is 0 Å². The third kappa shape index (κ3) is 10.4. The van der Waals surface area contributed by atoms with Gasteiger partial charge in [-0.15, -0.1) is 0 Å². The fraction of sp³-hybridized carbons (Fsp3) is 0.611. The van der Waals surface area contributed by atoms with Gasteiger partial charge in [-0.2, -0.15) is 0 Å². The van der Waals surface area contributed by atoms with Gasteiger partial charge in [-0.25, -0.2) is 4.79 Å². The number of benzene rings is 1. The van der Waals surface area contributed by atoms with Gasteiger partial charge in [0.1, 0.15) is 0 Å². The van der Waals surface area contributed by atoms with Crippen LogP contribution in [0.5, 0.6) is 0 Å². The Kier molecular flexibility index (Phi) is 9.30. The van der Waals surface area contributed by atoms with Gasteiger partial charge < -0.3 is 13.6 Å². The summed E-state index contributed by atoms with van der Waals surface area (Å²) < 4.78 is 17.0. The average molecular weight is 414 g/mol. The average Bonchev–Trinajstić information content (AvgIpc) is 2.54. The van der Waals surface area contributed by atoms with Crippen LogP contribution in [0, 0.1) is 10.1 Å². The number of esters is 1. The monoisotopic (exact) mass is 413 g/mol. The molecular formula is C18H31NO6Si2. The van der Waals surface area contributed by atoms with Crippen LogP contribution < -0.4 is 0 Å². The Morgan fingerprint density at radius 1 is 1.00 bits per heavy atom. The Bertz CT molecular complexity index is 613. The van der Waals surface area contributed by atoms with Gasteiger partial charge >= 0.3 is 5.97 Å². The first-order chi connectivity index (χ1) is 12.5. The van der Waals surface area contributed by atoms with Crippen LogP contribution in [-0.2, 0) is 13.6 Å². The molecule has 27 heavy (non-hydrogen) atoms. The summed E-state index contributed by atoms with van der Waals surface area (Å²) in [5.74, 6) is -0.485. The molecule has 0 fully saturated rings. The van der Waals surface area contributed by atoms with Crippen molar-refractivity contribution < 1.29 is 23.3 Å². The maximum atomic E-state index is 11.8. The van der Waals surface area contributed by atoms with Crippen LogP contribution in [0.1, 0.15) is 23.2 Å². The highest BCUT2D eigenvalue weighted by molar-refractivity contribution is 6.84. The molecule has 0 aliphatic heterocycles. The maximum absolute atomic E-state index is 11.8. The smallest absolute Gasteiger partial charge is 0.338 e. The van der Waals surface area contributed by atoms with Crippen LogP contribution in [0.15, 0.2) is 24.3 Å². The summed E-state index contributed by atoms with van der Waals surface area (Å²) in [6.45, 7) is 12.6. The molecule has 1 rings (SSSR count). The highest BCUT2D eigenvalue weighted by atomic mass is 28.4. The molecule has 0 N–H and O–H groups in total. The van der Waals surface area contributed by atoms with E-state index in [-0.39, 0.29) is 12.3 Å². The molecule has 0 saturated heterocycles. The highest BCUT2D eigenvalue weighted by Crippen LogP contribution is 2.19. The number of nitro groups is 1. The first-order valence-corrected chi connectivity index (χ1v) is 15.7. The highest BCUT2D eigenvalue weighted by Gasteiger charge is 2.28. The van der Waals surface area contributed by atoms with E-state index in [0.29, 0.717) is 25.2 Å². The Labute approximate surface area is 163 Å². The lowest BCUT2D eigenvalue weighted by Crippen LogP contribution is -2.42. The zero-order valence-corrected chi connectivity index (χ0v) is 18.9. The summed E-state index contributed by atoms with van der Waals surface area (Å²) in [6, 6.07) is 6.44. The Balaban J connectivity index is 2.13. The third-order valence-corrected chi connectivity index (χ3v) is 9.85. The summed E-state index contributed by atoms with van der Waals surface area (Å²) >= 11 is 0. The Hall–Kier alpha value is -1.56. The maximum Gasteiger partial charge on any atom is 0.338 e. The fourth-order valence-corrected chi connectivity index (χ4v) is 10.7. The van der Waals surface area contributed by atoms with Gasteiger partial charge in [0.15, 0.2) is 16.6 Å². The molecule has 0 heterocycles. The molecule has 0 spiro atoms. The number of hydrogen-bond donors (Lipinski definition) is 0. The van der Waals surface area contributed by atoms with Crippen LogP contribution in [0.2, 0.25) is 38.8 Å². The van der Waals surface area contributed by atoms with E-state index in [1.165, 1.54) is 24.3 Å². The van der Waals surface area contributed by atoms with Crippen molar-refractivity contribution in [2.45, 2.75) is 51.6 Å². The van der Waals surface area contributed by atoms with Gasteiger partial charge in [0.25, 0.3) is 5.69 Å². The van der Waals surface area contributed by atoms with Crippen molar-refractivity contribution in [2.24, 2.45) is 0 Å². The number of carbonyl (C=O) groups is 1. The minimum absolute atomic E-state index is 0.0542. The standard InChI is InChI=1S/C18H31NO6Si2/c1-26(2,3)25-27(4,5)15-7-13-23-12-6-14-24-18(20)16-8-10-17(11-9-16)19(21)22/h8-11H,6-7,12-15H2,1-5H3. The van der Waals surface area contributed by atoms with Crippen molar-refractivity contribution >= 4 is 28.3 Å². The number of rotatable bonds is 12. The molecule has 0 amide bonds. The predicted octanol–water partition coefficient (Wildman–Crippen LogP) is 4.61. The van der Waals surface area contributed by atoms with Crippen molar-refractivity contribution in [1.82, 2.24) is 0 Å². The van der Waals surface area contributed by atoms with E-state index in [9.17, 15) is 14.9 Å². The zero-order valence-electron chi connectivity index (χ0n) is 16.9. The minimum Gasteiger partial charge on any atom is -0.462 e. The molecule has 7 nitrogen and oxygen atoms in total. The summed E-state index contributed by atoms with van der Waals surface area (Å²) in [4.78, 5) is 21.9. The van der Waals surface area contributed by atoms with Crippen LogP contribution >= 0.6 is 0 Å². The molecule has 0 aromatic heterocycles. The lowest BCUT2D eigenvalue weighted by molar-refractivity contribution is -0.384. The number of nitrogens with zero attached hydrogens (tertiary/aromatic N) is 1. The minimum atomic E-state index is -1.61. The van der Waals surface area contributed by atoms with Crippen molar-refractivity contribution in [2.75, 3.05) is 19.8 Å². The lowest BCUT2D eigenvalue weighted by atomic mass is 10.2. The third-order valence-electron chi connectivity index (χ3n) is 3.63. The van der Waals surface area contributed by atoms with E-state index >= 15 is 0 Å². The molecule has 152 valence electrons. The van der Waals surface area contributed by atoms with Gasteiger partial charge in [-0.1, -0.05) is 0 Å². The Morgan fingerprint density at radius 3 is 2.15 bits per heavy atom. The van der Waals surface area contributed by atoms with Crippen LogP contribution in [0.3, 0.4) is 0 Å². The number of non-ortho nitro benzene ring substituents is 1. The van der Waals surface area contributed by atoms with Crippen LogP contribution in [0.4, 0.5) is 5.69 Å². The molecule has 0 bridgehead atoms. The molecular weight excluding hydrogens is 382 g/mol. The van der Waals surface area contributed by atoms with Crippen molar-refractivity contribution in [3.63, 3.8) is 0 Å². The second-order valence-corrected chi connectivity index (χ2v) is 17.0. The summed E-state index contributed by atoms with van der Waals surface area (Å²) in [7, 11) is -3.09. The van der Waals surface area contributed by atoms with Crippen molar-refractivity contribution in [3.05, 3.63) is 39.9 Å². The summed E-state index contributed by atoms with van der Waals surface area (Å²) in [5.41, 5.74) is 0.248. The largest absolute Gasteiger partial charge is 0.462 e. The number of ether oxygens (including phenoxy) is 2. The number of carbonyl (C=O) groups excluding carboxylic acids is 1. The number of hydrogen-bond acceptors (Lipinski definition) is 6. The molecule has 1 aromatic carbocycles. The van der Waals surface area contributed by atoms with Gasteiger partial charge in [-0.05, 0) is 57.3 Å². The second-order valence-electron chi connectivity index (χ2n) is 7.98. The number of nitro benzene ring substituents is 1. The fourth-order valence-electron chi connectivity index (χ4n) is 2.71. The van der Waals surface area contributed by atoms with Gasteiger partial charge in [0.2, 0.25) is 0 Å². The van der Waals surface area contributed by atoms with E-state index in [2.05, 4.69) is 32.7 Å². The first kappa shape index (κ1) is 23.5. The van der Waals surface area contributed by atoms with Gasteiger partial charge in [0.05, 0.1) is 17.1 Å². The molecule has 0 aliphatic carbocycles. The van der Waals surface area contributed by atoms with E-state index in [4.69, 9.17) is 13.6 Å². The molecule has 0 radical (unpaired) electrons. The van der Waals surface area contributed by atoms with Gasteiger partial charge in [0, 0.05) is 31.8 Å². The molecule has 0 atom stereocenters. The van der Waals surface area contributed by atoms with Crippen molar-refractivity contribution in [3.8, 4) is 0 Å². The topological polar surface area (TPSA) is 87.9 Å². The quantitative estimate of drug-likeness (QED) is 0.163. The molecule has 0 saturated carbocycles. The SMILES string of the molecule is C[Si](C)(C)O[Si](C)(C)CCCOCCCOC(=O)c1ccc([N+](=O)[O-])cc1. The summed E-state index contributed by atoms with van der Waals surface area (Å²) in [5, 5.41) is 10.6. The van der Waals surface area contributed by atoms with Crippen molar-refractivity contribution in [1.29, 1.82) is 0 Å². The molecule has 0 aliphatic rings. The predicted molar refractivity (Wildman–Crippen MR) is 110 cm³/mol. The second kappa shape index (κ2) is 10.7. The summed E-state index contributed by atoms with van der Waals surface area (Å²) in [6.07, 6.45) is 1.59. The Morgan fingerprint density at radius 2 is 1.59 bits per heavy atom. The van der Waals surface area contributed by atoms with E-state index in [0.717, 1.165) is 12.5 Å². The molecule has 9 heteroatoms. The van der Waals surface area contributed by atoms with Gasteiger partial charge in [-0.3, -0.25) is 10.1 Å². The normalized spacial score (nSPS) is 12.0. The van der Waals surface area contributed by atoms with E-state index in [1.54, 1.807) is 0 Å². The lowest BCUT2D eigenvalue weighted by Gasteiger charge is -2.31.